The second kappa shape index (κ2) is 3.42. The molecule has 0 fully saturated rings. The Kier molecular flexibility index (Phi) is 2.25. The summed E-state index contributed by atoms with van der Waals surface area (Å²) in [5, 5.41) is 9.43. The van der Waals surface area contributed by atoms with E-state index in [-0.39, 0.29) is 12.4 Å². The topological polar surface area (TPSA) is 36.0 Å². The summed E-state index contributed by atoms with van der Waals surface area (Å²) in [6.07, 6.45) is 2.25. The molecule has 0 spiro atoms. The van der Waals surface area contributed by atoms with E-state index in [0.29, 0.717) is 11.8 Å². The van der Waals surface area contributed by atoms with Gasteiger partial charge < -0.3 is 10.1 Å². The molecule has 0 saturated heterocycles. The molecule has 1 aromatic carbocycles. The predicted octanol–water partition coefficient (Wildman–Crippen LogP) is 2.15. The SMILES string of the molecule is Cc1ccc(F)c2c(CCO)c[nH]c12. The van der Waals surface area contributed by atoms with E-state index in [2.05, 4.69) is 4.98 Å². The molecule has 14 heavy (non-hydrogen) atoms. The molecule has 0 radical (unpaired) electrons. The zero-order valence-corrected chi connectivity index (χ0v) is 7.97. The van der Waals surface area contributed by atoms with Crippen LogP contribution >= 0.6 is 0 Å². The van der Waals surface area contributed by atoms with Crippen molar-refractivity contribution in [3.8, 4) is 0 Å². The molecule has 2 N–H and O–H groups in total. The summed E-state index contributed by atoms with van der Waals surface area (Å²) in [4.78, 5) is 3.03. The fourth-order valence-corrected chi connectivity index (χ4v) is 1.73. The minimum atomic E-state index is -0.227. The maximum Gasteiger partial charge on any atom is 0.132 e. The molecule has 2 nitrogen and oxygen atoms in total. The number of hydrogen-bond donors (Lipinski definition) is 2. The molecular weight excluding hydrogens is 181 g/mol. The van der Waals surface area contributed by atoms with Gasteiger partial charge in [0.25, 0.3) is 0 Å². The van der Waals surface area contributed by atoms with Crippen LogP contribution in [0.1, 0.15) is 11.1 Å². The van der Waals surface area contributed by atoms with Gasteiger partial charge in [-0.05, 0) is 30.5 Å². The van der Waals surface area contributed by atoms with Gasteiger partial charge in [-0.1, -0.05) is 6.07 Å². The summed E-state index contributed by atoms with van der Waals surface area (Å²) in [7, 11) is 0. The van der Waals surface area contributed by atoms with Crippen molar-refractivity contribution in [1.82, 2.24) is 4.98 Å². The smallest absolute Gasteiger partial charge is 0.132 e. The van der Waals surface area contributed by atoms with Crippen LogP contribution in [0, 0.1) is 12.7 Å². The summed E-state index contributed by atoms with van der Waals surface area (Å²) >= 11 is 0. The average molecular weight is 193 g/mol. The number of aromatic nitrogens is 1. The normalized spacial score (nSPS) is 11.1. The van der Waals surface area contributed by atoms with Crippen LogP contribution < -0.4 is 0 Å². The molecule has 0 saturated carbocycles. The van der Waals surface area contributed by atoms with E-state index in [9.17, 15) is 4.39 Å². The second-order valence-electron chi connectivity index (χ2n) is 3.40. The largest absolute Gasteiger partial charge is 0.396 e. The summed E-state index contributed by atoms with van der Waals surface area (Å²) in [6, 6.07) is 3.21. The van der Waals surface area contributed by atoms with Crippen LogP contribution in [0.15, 0.2) is 18.3 Å². The van der Waals surface area contributed by atoms with Gasteiger partial charge in [-0.3, -0.25) is 0 Å². The minimum Gasteiger partial charge on any atom is -0.396 e. The Morgan fingerprint density at radius 2 is 2.21 bits per heavy atom. The molecule has 3 heteroatoms. The van der Waals surface area contributed by atoms with Crippen LogP contribution in [0.2, 0.25) is 0 Å². The van der Waals surface area contributed by atoms with Crippen LogP contribution in [0.3, 0.4) is 0 Å². The zero-order chi connectivity index (χ0) is 10.1. The number of fused-ring (bicyclic) bond motifs is 1. The van der Waals surface area contributed by atoms with Crippen molar-refractivity contribution < 1.29 is 9.50 Å². The molecular formula is C11H12FNO. The van der Waals surface area contributed by atoms with Crippen molar-refractivity contribution in [2.75, 3.05) is 6.61 Å². The Morgan fingerprint density at radius 3 is 2.93 bits per heavy atom. The summed E-state index contributed by atoms with van der Waals surface area (Å²) in [5.74, 6) is -0.227. The van der Waals surface area contributed by atoms with Crippen molar-refractivity contribution >= 4 is 10.9 Å². The standard InChI is InChI=1S/C11H12FNO/c1-7-2-3-9(12)10-8(4-5-14)6-13-11(7)10/h2-3,6,13-14H,4-5H2,1H3. The van der Waals surface area contributed by atoms with Crippen LogP contribution in [-0.4, -0.2) is 16.7 Å². The number of aliphatic hydroxyl groups excluding tert-OH is 1. The predicted molar refractivity (Wildman–Crippen MR) is 53.8 cm³/mol. The van der Waals surface area contributed by atoms with Gasteiger partial charge in [0.15, 0.2) is 0 Å². The van der Waals surface area contributed by atoms with Crippen LogP contribution in [0.4, 0.5) is 4.39 Å². The summed E-state index contributed by atoms with van der Waals surface area (Å²) in [6.45, 7) is 1.97. The van der Waals surface area contributed by atoms with E-state index in [1.54, 1.807) is 12.3 Å². The molecule has 2 aromatic rings. The van der Waals surface area contributed by atoms with E-state index in [4.69, 9.17) is 5.11 Å². The van der Waals surface area contributed by atoms with Crippen LogP contribution in [0.5, 0.6) is 0 Å². The van der Waals surface area contributed by atoms with Gasteiger partial charge in [0.1, 0.15) is 5.82 Å². The van der Waals surface area contributed by atoms with Crippen LogP contribution in [-0.2, 0) is 6.42 Å². The number of benzene rings is 1. The molecule has 1 aromatic heterocycles. The summed E-state index contributed by atoms with van der Waals surface area (Å²) < 4.78 is 13.5. The first kappa shape index (κ1) is 9.21. The first-order valence-corrected chi connectivity index (χ1v) is 4.60. The fourth-order valence-electron chi connectivity index (χ4n) is 1.73. The van der Waals surface area contributed by atoms with Crippen LogP contribution in [0.25, 0.3) is 10.9 Å². The highest BCUT2D eigenvalue weighted by atomic mass is 19.1. The Bertz CT molecular complexity index is 462. The zero-order valence-electron chi connectivity index (χ0n) is 7.97. The van der Waals surface area contributed by atoms with E-state index in [1.807, 2.05) is 6.92 Å². The van der Waals surface area contributed by atoms with Gasteiger partial charge in [-0.25, -0.2) is 4.39 Å². The maximum absolute atomic E-state index is 13.5. The lowest BCUT2D eigenvalue weighted by Gasteiger charge is -1.99. The minimum absolute atomic E-state index is 0.0420. The Hall–Kier alpha value is -1.35. The van der Waals surface area contributed by atoms with Gasteiger partial charge in [0.2, 0.25) is 0 Å². The quantitative estimate of drug-likeness (QED) is 0.753. The fraction of sp³-hybridized carbons (Fsp3) is 0.273. The van der Waals surface area contributed by atoms with Gasteiger partial charge in [-0.15, -0.1) is 0 Å². The van der Waals surface area contributed by atoms with Crippen molar-refractivity contribution in [2.24, 2.45) is 0 Å². The van der Waals surface area contributed by atoms with E-state index < -0.39 is 0 Å². The molecule has 0 aliphatic rings. The number of aryl methyl sites for hydroxylation is 1. The number of rotatable bonds is 2. The molecule has 74 valence electrons. The maximum atomic E-state index is 13.5. The Labute approximate surface area is 81.4 Å². The number of hydrogen-bond acceptors (Lipinski definition) is 1. The lowest BCUT2D eigenvalue weighted by molar-refractivity contribution is 0.300. The van der Waals surface area contributed by atoms with Gasteiger partial charge in [-0.2, -0.15) is 0 Å². The first-order valence-electron chi connectivity index (χ1n) is 4.60. The van der Waals surface area contributed by atoms with Crippen molar-refractivity contribution in [3.05, 3.63) is 35.3 Å². The second-order valence-corrected chi connectivity index (χ2v) is 3.40. The Balaban J connectivity index is 2.70. The molecule has 1 heterocycles. The lowest BCUT2D eigenvalue weighted by atomic mass is 10.1. The van der Waals surface area contributed by atoms with Crippen molar-refractivity contribution in [3.63, 3.8) is 0 Å². The highest BCUT2D eigenvalue weighted by molar-refractivity contribution is 5.86. The Morgan fingerprint density at radius 1 is 1.43 bits per heavy atom. The third-order valence-corrected chi connectivity index (χ3v) is 2.46. The number of aromatic amines is 1. The highest BCUT2D eigenvalue weighted by Crippen LogP contribution is 2.24. The molecule has 0 bridgehead atoms. The number of halogens is 1. The molecule has 0 amide bonds. The lowest BCUT2D eigenvalue weighted by Crippen LogP contribution is -1.90. The van der Waals surface area contributed by atoms with Gasteiger partial charge in [0, 0.05) is 18.2 Å². The van der Waals surface area contributed by atoms with E-state index in [0.717, 1.165) is 16.6 Å². The number of nitrogens with one attached hydrogen (secondary N) is 1. The molecule has 0 aliphatic heterocycles. The molecule has 2 rings (SSSR count). The van der Waals surface area contributed by atoms with Gasteiger partial charge >= 0.3 is 0 Å². The molecule has 0 unspecified atom stereocenters. The first-order chi connectivity index (χ1) is 6.74. The summed E-state index contributed by atoms with van der Waals surface area (Å²) in [5.41, 5.74) is 2.68. The van der Waals surface area contributed by atoms with Gasteiger partial charge in [0.05, 0.1) is 5.52 Å². The molecule has 0 atom stereocenters. The third-order valence-electron chi connectivity index (χ3n) is 2.46. The average Bonchev–Trinajstić information content (AvgIpc) is 2.58. The van der Waals surface area contributed by atoms with E-state index in [1.165, 1.54) is 6.07 Å². The number of aliphatic hydroxyl groups is 1. The molecule has 0 aliphatic carbocycles. The highest BCUT2D eigenvalue weighted by Gasteiger charge is 2.09. The third kappa shape index (κ3) is 1.30. The van der Waals surface area contributed by atoms with E-state index >= 15 is 0 Å². The van der Waals surface area contributed by atoms with Crippen molar-refractivity contribution in [2.45, 2.75) is 13.3 Å². The number of H-pyrrole nitrogens is 1. The van der Waals surface area contributed by atoms with Crippen molar-refractivity contribution in [1.29, 1.82) is 0 Å². The monoisotopic (exact) mass is 193 g/mol.